The molecule has 0 aromatic heterocycles. The van der Waals surface area contributed by atoms with Crippen LogP contribution in [-0.4, -0.2) is 25.5 Å². The van der Waals surface area contributed by atoms with Gasteiger partial charge < -0.3 is 4.90 Å². The van der Waals surface area contributed by atoms with E-state index in [1.165, 1.54) is 24.0 Å². The van der Waals surface area contributed by atoms with E-state index in [0.717, 1.165) is 13.0 Å². The van der Waals surface area contributed by atoms with Crippen LogP contribution in [0.3, 0.4) is 0 Å². The Balaban J connectivity index is 3.53. The summed E-state index contributed by atoms with van der Waals surface area (Å²) in [6.45, 7) is 9.26. The molecule has 0 saturated heterocycles. The number of hydrogen-bond donors (Lipinski definition) is 0. The van der Waals surface area contributed by atoms with Gasteiger partial charge in [0.25, 0.3) is 0 Å². The maximum Gasteiger partial charge on any atom is 0.0183 e. The van der Waals surface area contributed by atoms with Gasteiger partial charge in [0.05, 0.1) is 0 Å². The molecule has 13 heavy (non-hydrogen) atoms. The van der Waals surface area contributed by atoms with E-state index in [1.54, 1.807) is 0 Å². The van der Waals surface area contributed by atoms with E-state index in [2.05, 4.69) is 45.5 Å². The summed E-state index contributed by atoms with van der Waals surface area (Å²) in [5.74, 6) is 0. The summed E-state index contributed by atoms with van der Waals surface area (Å²) >= 11 is 0. The number of allylic oxidation sites excluding steroid dienone is 2. The standard InChI is InChI=1S/C12H23N/c1-11(2)8-6-7-9-12(3)10-13(4)5/h9H,1,6-8,10H2,2-5H3. The fourth-order valence-electron chi connectivity index (χ4n) is 1.32. The highest BCUT2D eigenvalue weighted by molar-refractivity contribution is 5.00. The maximum atomic E-state index is 3.89. The third-order valence-corrected chi connectivity index (χ3v) is 1.87. The number of hydrogen-bond acceptors (Lipinski definition) is 1. The van der Waals surface area contributed by atoms with Crippen LogP contribution in [0.2, 0.25) is 0 Å². The molecule has 1 nitrogen and oxygen atoms in total. The summed E-state index contributed by atoms with van der Waals surface area (Å²) in [6, 6.07) is 0. The summed E-state index contributed by atoms with van der Waals surface area (Å²) in [4.78, 5) is 2.20. The van der Waals surface area contributed by atoms with Gasteiger partial charge in [0.15, 0.2) is 0 Å². The van der Waals surface area contributed by atoms with Crippen LogP contribution in [0.1, 0.15) is 33.1 Å². The van der Waals surface area contributed by atoms with E-state index in [4.69, 9.17) is 0 Å². The molecule has 0 spiro atoms. The van der Waals surface area contributed by atoms with Crippen molar-refractivity contribution in [1.29, 1.82) is 0 Å². The van der Waals surface area contributed by atoms with E-state index in [9.17, 15) is 0 Å². The molecule has 0 fully saturated rings. The SMILES string of the molecule is C=C(C)CCCC=C(C)CN(C)C. The average molecular weight is 181 g/mol. The van der Waals surface area contributed by atoms with Crippen molar-refractivity contribution >= 4 is 0 Å². The molecule has 0 unspecified atom stereocenters. The second-order valence-electron chi connectivity index (χ2n) is 4.14. The lowest BCUT2D eigenvalue weighted by Crippen LogP contribution is -2.13. The highest BCUT2D eigenvalue weighted by Gasteiger charge is 1.92. The Hall–Kier alpha value is -0.560. The third kappa shape index (κ3) is 9.35. The van der Waals surface area contributed by atoms with Crippen molar-refractivity contribution in [3.63, 3.8) is 0 Å². The minimum absolute atomic E-state index is 1.08. The summed E-state index contributed by atoms with van der Waals surface area (Å²) in [5, 5.41) is 0. The molecule has 0 N–H and O–H groups in total. The van der Waals surface area contributed by atoms with Crippen LogP contribution < -0.4 is 0 Å². The number of likely N-dealkylation sites (N-methyl/N-ethyl adjacent to an activating group) is 1. The van der Waals surface area contributed by atoms with E-state index in [0.29, 0.717) is 0 Å². The Morgan fingerprint density at radius 2 is 1.92 bits per heavy atom. The lowest BCUT2D eigenvalue weighted by atomic mass is 10.1. The molecule has 0 rings (SSSR count). The number of nitrogens with zero attached hydrogens (tertiary/aromatic N) is 1. The second-order valence-corrected chi connectivity index (χ2v) is 4.14. The normalized spacial score (nSPS) is 12.2. The fourth-order valence-corrected chi connectivity index (χ4v) is 1.32. The molecular weight excluding hydrogens is 158 g/mol. The highest BCUT2D eigenvalue weighted by Crippen LogP contribution is 2.06. The van der Waals surface area contributed by atoms with E-state index < -0.39 is 0 Å². The van der Waals surface area contributed by atoms with Crippen molar-refractivity contribution in [2.24, 2.45) is 0 Å². The van der Waals surface area contributed by atoms with Crippen LogP contribution in [0.15, 0.2) is 23.8 Å². The molecule has 1 heteroatoms. The summed E-state index contributed by atoms with van der Waals surface area (Å²) < 4.78 is 0. The van der Waals surface area contributed by atoms with Gasteiger partial charge in [-0.25, -0.2) is 0 Å². The van der Waals surface area contributed by atoms with Crippen LogP contribution in [-0.2, 0) is 0 Å². The Labute approximate surface area is 83.1 Å². The Morgan fingerprint density at radius 3 is 2.38 bits per heavy atom. The molecule has 76 valence electrons. The van der Waals surface area contributed by atoms with Crippen LogP contribution in [0, 0.1) is 0 Å². The van der Waals surface area contributed by atoms with Crippen LogP contribution >= 0.6 is 0 Å². The zero-order valence-corrected chi connectivity index (χ0v) is 9.56. The zero-order valence-electron chi connectivity index (χ0n) is 9.56. The quantitative estimate of drug-likeness (QED) is 0.449. The maximum absolute atomic E-state index is 3.89. The minimum Gasteiger partial charge on any atom is -0.305 e. The van der Waals surface area contributed by atoms with Gasteiger partial charge in [-0.1, -0.05) is 17.2 Å². The van der Waals surface area contributed by atoms with Crippen molar-refractivity contribution in [2.45, 2.75) is 33.1 Å². The van der Waals surface area contributed by atoms with Crippen LogP contribution in [0.4, 0.5) is 0 Å². The van der Waals surface area contributed by atoms with Crippen molar-refractivity contribution in [3.05, 3.63) is 23.8 Å². The smallest absolute Gasteiger partial charge is 0.0183 e. The average Bonchev–Trinajstić information content (AvgIpc) is 1.96. The first-order chi connectivity index (χ1) is 6.02. The summed E-state index contributed by atoms with van der Waals surface area (Å²) in [7, 11) is 4.20. The summed E-state index contributed by atoms with van der Waals surface area (Å²) in [6.07, 6.45) is 5.92. The largest absolute Gasteiger partial charge is 0.305 e. The Morgan fingerprint density at radius 1 is 1.31 bits per heavy atom. The van der Waals surface area contributed by atoms with Crippen LogP contribution in [0.25, 0.3) is 0 Å². The van der Waals surface area contributed by atoms with E-state index in [-0.39, 0.29) is 0 Å². The van der Waals surface area contributed by atoms with Gasteiger partial charge in [0.2, 0.25) is 0 Å². The first kappa shape index (κ1) is 12.4. The number of rotatable bonds is 6. The van der Waals surface area contributed by atoms with Gasteiger partial charge in [0, 0.05) is 6.54 Å². The molecule has 0 saturated carbocycles. The van der Waals surface area contributed by atoms with Gasteiger partial charge in [-0.15, -0.1) is 6.58 Å². The molecular formula is C12H23N. The first-order valence-corrected chi connectivity index (χ1v) is 4.97. The van der Waals surface area contributed by atoms with Crippen molar-refractivity contribution < 1.29 is 0 Å². The molecule has 0 aliphatic heterocycles. The predicted molar refractivity (Wildman–Crippen MR) is 61.0 cm³/mol. The van der Waals surface area contributed by atoms with Gasteiger partial charge in [-0.2, -0.15) is 0 Å². The topological polar surface area (TPSA) is 3.24 Å². The van der Waals surface area contributed by atoms with Gasteiger partial charge >= 0.3 is 0 Å². The second kappa shape index (κ2) is 6.90. The lowest BCUT2D eigenvalue weighted by molar-refractivity contribution is 0.444. The first-order valence-electron chi connectivity index (χ1n) is 4.97. The predicted octanol–water partition coefficient (Wildman–Crippen LogP) is 3.24. The molecule has 0 bridgehead atoms. The van der Waals surface area contributed by atoms with Crippen LogP contribution in [0.5, 0.6) is 0 Å². The molecule has 0 aliphatic carbocycles. The van der Waals surface area contributed by atoms with Gasteiger partial charge in [-0.3, -0.25) is 0 Å². The Bertz CT molecular complexity index is 178. The fraction of sp³-hybridized carbons (Fsp3) is 0.667. The molecule has 0 heterocycles. The van der Waals surface area contributed by atoms with Gasteiger partial charge in [0.1, 0.15) is 0 Å². The minimum atomic E-state index is 1.08. The number of unbranched alkanes of at least 4 members (excludes halogenated alkanes) is 1. The van der Waals surface area contributed by atoms with E-state index in [1.807, 2.05) is 0 Å². The van der Waals surface area contributed by atoms with Gasteiger partial charge in [-0.05, 0) is 47.2 Å². The highest BCUT2D eigenvalue weighted by atomic mass is 15.0. The molecule has 0 aromatic rings. The van der Waals surface area contributed by atoms with Crippen molar-refractivity contribution in [3.8, 4) is 0 Å². The van der Waals surface area contributed by atoms with Crippen molar-refractivity contribution in [2.75, 3.05) is 20.6 Å². The zero-order chi connectivity index (χ0) is 10.3. The third-order valence-electron chi connectivity index (χ3n) is 1.87. The Kier molecular flexibility index (Phi) is 6.61. The monoisotopic (exact) mass is 181 g/mol. The molecule has 0 aliphatic rings. The molecule has 0 atom stereocenters. The summed E-state index contributed by atoms with van der Waals surface area (Å²) in [5.41, 5.74) is 2.75. The molecule has 0 aromatic carbocycles. The van der Waals surface area contributed by atoms with Crippen molar-refractivity contribution in [1.82, 2.24) is 4.90 Å². The van der Waals surface area contributed by atoms with E-state index >= 15 is 0 Å². The molecule has 0 radical (unpaired) electrons. The molecule has 0 amide bonds. The lowest BCUT2D eigenvalue weighted by Gasteiger charge is -2.09.